The molecule has 0 heterocycles. The molecule has 0 fully saturated rings. The molecular weight excluding hydrogens is 162 g/mol. The molecular formula is C8H18F2N2. The number of rotatable bonds is 7. The van der Waals surface area contributed by atoms with E-state index in [0.717, 1.165) is 19.3 Å². The molecule has 0 saturated heterocycles. The summed E-state index contributed by atoms with van der Waals surface area (Å²) in [6.07, 6.45) is 0.727. The topological polar surface area (TPSA) is 38.0 Å². The zero-order valence-corrected chi connectivity index (χ0v) is 7.52. The maximum atomic E-state index is 11.8. The molecule has 0 aliphatic heterocycles. The highest BCUT2D eigenvalue weighted by atomic mass is 19.3. The summed E-state index contributed by atoms with van der Waals surface area (Å²) in [7, 11) is 0. The van der Waals surface area contributed by atoms with Crippen LogP contribution < -0.4 is 11.1 Å². The zero-order valence-electron chi connectivity index (χ0n) is 7.52. The van der Waals surface area contributed by atoms with E-state index < -0.39 is 6.43 Å². The average Bonchev–Trinajstić information content (AvgIpc) is 2.05. The van der Waals surface area contributed by atoms with Gasteiger partial charge >= 0.3 is 0 Å². The van der Waals surface area contributed by atoms with Gasteiger partial charge in [-0.1, -0.05) is 19.8 Å². The molecule has 0 spiro atoms. The third-order valence-corrected chi connectivity index (χ3v) is 1.75. The fourth-order valence-electron chi connectivity index (χ4n) is 1.01. The van der Waals surface area contributed by atoms with E-state index in [1.807, 2.05) is 0 Å². The summed E-state index contributed by atoms with van der Waals surface area (Å²) in [4.78, 5) is 0. The lowest BCUT2D eigenvalue weighted by Crippen LogP contribution is -2.38. The minimum Gasteiger partial charge on any atom is -0.329 e. The molecule has 0 amide bonds. The molecule has 0 bridgehead atoms. The van der Waals surface area contributed by atoms with Gasteiger partial charge in [0.05, 0.1) is 6.54 Å². The molecule has 0 rings (SSSR count). The minimum absolute atomic E-state index is 0.0546. The highest BCUT2D eigenvalue weighted by Crippen LogP contribution is 1.99. The van der Waals surface area contributed by atoms with E-state index >= 15 is 0 Å². The van der Waals surface area contributed by atoms with Crippen molar-refractivity contribution in [1.82, 2.24) is 5.32 Å². The molecule has 3 N–H and O–H groups in total. The van der Waals surface area contributed by atoms with Crippen molar-refractivity contribution in [3.05, 3.63) is 0 Å². The Labute approximate surface area is 72.5 Å². The van der Waals surface area contributed by atoms with Crippen molar-refractivity contribution < 1.29 is 8.78 Å². The summed E-state index contributed by atoms with van der Waals surface area (Å²) in [5.74, 6) is 0. The zero-order chi connectivity index (χ0) is 9.40. The number of halogens is 2. The molecule has 1 atom stereocenters. The van der Waals surface area contributed by atoms with Crippen LogP contribution in [0.25, 0.3) is 0 Å². The Morgan fingerprint density at radius 3 is 2.50 bits per heavy atom. The van der Waals surface area contributed by atoms with Gasteiger partial charge < -0.3 is 11.1 Å². The summed E-state index contributed by atoms with van der Waals surface area (Å²) < 4.78 is 23.5. The Bertz CT molecular complexity index is 99.1. The van der Waals surface area contributed by atoms with Crippen LogP contribution in [-0.4, -0.2) is 25.6 Å². The van der Waals surface area contributed by atoms with Crippen molar-refractivity contribution in [1.29, 1.82) is 0 Å². The lowest BCUT2D eigenvalue weighted by atomic mass is 10.1. The summed E-state index contributed by atoms with van der Waals surface area (Å²) in [5.41, 5.74) is 5.39. The SMILES string of the molecule is CCCCC(CN)NCC(F)F. The first kappa shape index (κ1) is 11.8. The Hall–Kier alpha value is -0.220. The van der Waals surface area contributed by atoms with Crippen molar-refractivity contribution in [2.75, 3.05) is 13.1 Å². The van der Waals surface area contributed by atoms with Gasteiger partial charge in [0.15, 0.2) is 0 Å². The van der Waals surface area contributed by atoms with Crippen LogP contribution in [0.5, 0.6) is 0 Å². The standard InChI is InChI=1S/C8H18F2N2/c1-2-3-4-7(5-11)12-6-8(9)10/h7-8,12H,2-6,11H2,1H3. The van der Waals surface area contributed by atoms with Crippen LogP contribution in [0, 0.1) is 0 Å². The monoisotopic (exact) mass is 180 g/mol. The van der Waals surface area contributed by atoms with Gasteiger partial charge in [-0.2, -0.15) is 0 Å². The molecule has 12 heavy (non-hydrogen) atoms. The largest absolute Gasteiger partial charge is 0.329 e. The average molecular weight is 180 g/mol. The Morgan fingerprint density at radius 2 is 2.08 bits per heavy atom. The van der Waals surface area contributed by atoms with Gasteiger partial charge in [-0.15, -0.1) is 0 Å². The maximum absolute atomic E-state index is 11.8. The van der Waals surface area contributed by atoms with E-state index in [2.05, 4.69) is 12.2 Å². The van der Waals surface area contributed by atoms with Crippen LogP contribution in [0.15, 0.2) is 0 Å². The third kappa shape index (κ3) is 6.49. The molecule has 0 radical (unpaired) electrons. The van der Waals surface area contributed by atoms with Crippen LogP contribution >= 0.6 is 0 Å². The van der Waals surface area contributed by atoms with Crippen molar-refractivity contribution in [2.24, 2.45) is 5.73 Å². The van der Waals surface area contributed by atoms with Gasteiger partial charge in [0.2, 0.25) is 0 Å². The molecule has 0 aliphatic rings. The number of hydrogen-bond acceptors (Lipinski definition) is 2. The summed E-state index contributed by atoms with van der Waals surface area (Å²) in [6.45, 7) is 2.26. The fraction of sp³-hybridized carbons (Fsp3) is 1.00. The van der Waals surface area contributed by atoms with E-state index in [1.54, 1.807) is 0 Å². The number of alkyl halides is 2. The molecule has 0 saturated carbocycles. The summed E-state index contributed by atoms with van der Waals surface area (Å²) in [5, 5.41) is 2.73. The van der Waals surface area contributed by atoms with E-state index in [-0.39, 0.29) is 12.6 Å². The molecule has 0 aromatic heterocycles. The van der Waals surface area contributed by atoms with Gasteiger partial charge in [-0.25, -0.2) is 8.78 Å². The Kier molecular flexibility index (Phi) is 7.29. The highest BCUT2D eigenvalue weighted by Gasteiger charge is 2.08. The van der Waals surface area contributed by atoms with Crippen molar-refractivity contribution in [3.63, 3.8) is 0 Å². The number of nitrogens with one attached hydrogen (secondary N) is 1. The van der Waals surface area contributed by atoms with Gasteiger partial charge in [0, 0.05) is 12.6 Å². The quantitative estimate of drug-likeness (QED) is 0.620. The molecule has 0 aromatic carbocycles. The number of hydrogen-bond donors (Lipinski definition) is 2. The summed E-state index contributed by atoms with van der Waals surface area (Å²) in [6, 6.07) is 0.0546. The van der Waals surface area contributed by atoms with Crippen LogP contribution in [-0.2, 0) is 0 Å². The third-order valence-electron chi connectivity index (χ3n) is 1.75. The second-order valence-electron chi connectivity index (χ2n) is 2.87. The smallest absolute Gasteiger partial charge is 0.250 e. The molecule has 74 valence electrons. The van der Waals surface area contributed by atoms with Gasteiger partial charge in [-0.05, 0) is 6.42 Å². The molecule has 1 unspecified atom stereocenters. The van der Waals surface area contributed by atoms with Crippen molar-refractivity contribution in [2.45, 2.75) is 38.7 Å². The minimum atomic E-state index is -2.28. The first-order chi connectivity index (χ1) is 5.70. The second kappa shape index (κ2) is 7.43. The van der Waals surface area contributed by atoms with Crippen molar-refractivity contribution in [3.8, 4) is 0 Å². The van der Waals surface area contributed by atoms with Crippen LogP contribution in [0.2, 0.25) is 0 Å². The normalized spacial score (nSPS) is 13.8. The lowest BCUT2D eigenvalue weighted by molar-refractivity contribution is 0.141. The van der Waals surface area contributed by atoms with Crippen molar-refractivity contribution >= 4 is 0 Å². The predicted octanol–water partition coefficient (Wildman–Crippen LogP) is 1.36. The number of nitrogens with two attached hydrogens (primary N) is 1. The van der Waals surface area contributed by atoms with Crippen LogP contribution in [0.1, 0.15) is 26.2 Å². The first-order valence-corrected chi connectivity index (χ1v) is 4.42. The van der Waals surface area contributed by atoms with Gasteiger partial charge in [0.1, 0.15) is 0 Å². The molecule has 4 heteroatoms. The van der Waals surface area contributed by atoms with Gasteiger partial charge in [0.25, 0.3) is 6.43 Å². The molecule has 0 aliphatic carbocycles. The summed E-state index contributed by atoms with van der Waals surface area (Å²) >= 11 is 0. The van der Waals surface area contributed by atoms with Crippen LogP contribution in [0.3, 0.4) is 0 Å². The van der Waals surface area contributed by atoms with Gasteiger partial charge in [-0.3, -0.25) is 0 Å². The highest BCUT2D eigenvalue weighted by molar-refractivity contribution is 4.67. The van der Waals surface area contributed by atoms with E-state index in [9.17, 15) is 8.78 Å². The molecule has 0 aromatic rings. The van der Waals surface area contributed by atoms with E-state index in [1.165, 1.54) is 0 Å². The fourth-order valence-corrected chi connectivity index (χ4v) is 1.01. The first-order valence-electron chi connectivity index (χ1n) is 4.42. The second-order valence-corrected chi connectivity index (χ2v) is 2.87. The van der Waals surface area contributed by atoms with E-state index in [0.29, 0.717) is 6.54 Å². The number of unbranched alkanes of at least 4 members (excludes halogenated alkanes) is 1. The van der Waals surface area contributed by atoms with Crippen LogP contribution in [0.4, 0.5) is 8.78 Å². The molecule has 2 nitrogen and oxygen atoms in total. The predicted molar refractivity (Wildman–Crippen MR) is 46.4 cm³/mol. The lowest BCUT2D eigenvalue weighted by Gasteiger charge is -2.15. The maximum Gasteiger partial charge on any atom is 0.250 e. The Balaban J connectivity index is 3.39. The van der Waals surface area contributed by atoms with E-state index in [4.69, 9.17) is 5.73 Å². The Morgan fingerprint density at radius 1 is 1.42 bits per heavy atom.